The number of H-pyrrole nitrogens is 1. The van der Waals surface area contributed by atoms with E-state index in [9.17, 15) is 19.2 Å². The predicted octanol–water partition coefficient (Wildman–Crippen LogP) is 2.09. The van der Waals surface area contributed by atoms with Gasteiger partial charge in [0.2, 0.25) is 11.8 Å². The summed E-state index contributed by atoms with van der Waals surface area (Å²) < 4.78 is 1.35. The maximum Gasteiger partial charge on any atom is 0.330 e. The molecule has 2 amide bonds. The Hall–Kier alpha value is -2.58. The minimum atomic E-state index is -0.633. The second-order valence-corrected chi connectivity index (χ2v) is 9.09. The highest BCUT2D eigenvalue weighted by molar-refractivity contribution is 5.97. The number of carbonyl (C=O) groups is 2. The van der Waals surface area contributed by atoms with Gasteiger partial charge in [-0.1, -0.05) is 33.1 Å². The zero-order valence-electron chi connectivity index (χ0n) is 19.4. The van der Waals surface area contributed by atoms with Crippen LogP contribution in [-0.4, -0.2) is 45.9 Å². The van der Waals surface area contributed by atoms with Crippen LogP contribution in [0.15, 0.2) is 9.59 Å². The third kappa shape index (κ3) is 5.42. The standard InChI is InChI=1S/C23H37N5O4/c1-3-5-7-14-27(18-19(24)28(13-6-4-2)23(32)25-20(18)29)22(31)17-9-8-12-26(15-17)21(30)16-10-11-16/h16-17H,3-15,24H2,1-2H3,(H,25,29,32). The lowest BCUT2D eigenvalue weighted by Gasteiger charge is -2.35. The highest BCUT2D eigenvalue weighted by Crippen LogP contribution is 2.33. The Bertz CT molecular complexity index is 933. The molecule has 1 saturated carbocycles. The van der Waals surface area contributed by atoms with E-state index in [0.717, 1.165) is 51.4 Å². The van der Waals surface area contributed by atoms with Gasteiger partial charge in [0.1, 0.15) is 5.82 Å². The number of nitrogens with zero attached hydrogens (tertiary/aromatic N) is 3. The predicted molar refractivity (Wildman–Crippen MR) is 125 cm³/mol. The van der Waals surface area contributed by atoms with Crippen molar-refractivity contribution < 1.29 is 9.59 Å². The van der Waals surface area contributed by atoms with E-state index in [0.29, 0.717) is 32.6 Å². The van der Waals surface area contributed by atoms with Crippen molar-refractivity contribution in [2.45, 2.75) is 78.2 Å². The minimum Gasteiger partial charge on any atom is -0.383 e. The van der Waals surface area contributed by atoms with Gasteiger partial charge in [0.15, 0.2) is 5.69 Å². The first-order valence-electron chi connectivity index (χ1n) is 12.1. The molecule has 0 radical (unpaired) electrons. The summed E-state index contributed by atoms with van der Waals surface area (Å²) in [5.74, 6) is -0.260. The Kier molecular flexibility index (Phi) is 8.15. The number of nitrogens with two attached hydrogens (primary N) is 1. The van der Waals surface area contributed by atoms with Gasteiger partial charge in [-0.2, -0.15) is 0 Å². The van der Waals surface area contributed by atoms with Crippen molar-refractivity contribution >= 4 is 23.3 Å². The number of piperidine rings is 1. The summed E-state index contributed by atoms with van der Waals surface area (Å²) in [6, 6.07) is 0. The first kappa shape index (κ1) is 24.1. The smallest absolute Gasteiger partial charge is 0.330 e. The van der Waals surface area contributed by atoms with Crippen molar-refractivity contribution in [1.29, 1.82) is 0 Å². The molecule has 3 rings (SSSR count). The van der Waals surface area contributed by atoms with E-state index in [1.807, 2.05) is 11.8 Å². The molecule has 1 aromatic heterocycles. The van der Waals surface area contributed by atoms with Gasteiger partial charge in [0.05, 0.1) is 5.92 Å². The van der Waals surface area contributed by atoms with Crippen molar-refractivity contribution in [3.8, 4) is 0 Å². The van der Waals surface area contributed by atoms with Crippen molar-refractivity contribution in [2.75, 3.05) is 30.3 Å². The summed E-state index contributed by atoms with van der Waals surface area (Å²) in [6.07, 6.45) is 7.51. The molecule has 2 heterocycles. The van der Waals surface area contributed by atoms with Crippen LogP contribution in [0.5, 0.6) is 0 Å². The monoisotopic (exact) mass is 447 g/mol. The molecule has 0 bridgehead atoms. The lowest BCUT2D eigenvalue weighted by Crippen LogP contribution is -2.49. The molecule has 0 aromatic carbocycles. The second-order valence-electron chi connectivity index (χ2n) is 9.09. The second kappa shape index (κ2) is 10.8. The number of rotatable bonds is 10. The number of anilines is 2. The fourth-order valence-electron chi connectivity index (χ4n) is 4.42. The molecule has 1 saturated heterocycles. The summed E-state index contributed by atoms with van der Waals surface area (Å²) in [6.45, 7) is 5.88. The summed E-state index contributed by atoms with van der Waals surface area (Å²) in [4.78, 5) is 57.0. The van der Waals surface area contributed by atoms with Gasteiger partial charge in [0.25, 0.3) is 5.56 Å². The van der Waals surface area contributed by atoms with Crippen LogP contribution in [0.2, 0.25) is 0 Å². The largest absolute Gasteiger partial charge is 0.383 e. The molecule has 2 fully saturated rings. The fraction of sp³-hybridized carbons (Fsp3) is 0.739. The quantitative estimate of drug-likeness (QED) is 0.532. The maximum atomic E-state index is 13.7. The van der Waals surface area contributed by atoms with Crippen LogP contribution < -0.4 is 21.9 Å². The average molecular weight is 448 g/mol. The zero-order valence-corrected chi connectivity index (χ0v) is 19.4. The van der Waals surface area contributed by atoms with Crippen LogP contribution >= 0.6 is 0 Å². The van der Waals surface area contributed by atoms with E-state index < -0.39 is 11.2 Å². The van der Waals surface area contributed by atoms with E-state index in [1.165, 1.54) is 9.47 Å². The molecule has 3 N–H and O–H groups in total. The first-order valence-corrected chi connectivity index (χ1v) is 12.1. The van der Waals surface area contributed by atoms with Gasteiger partial charge < -0.3 is 15.5 Å². The molecule has 9 heteroatoms. The lowest BCUT2D eigenvalue weighted by molar-refractivity contribution is -0.136. The van der Waals surface area contributed by atoms with Crippen LogP contribution in [0.4, 0.5) is 11.5 Å². The van der Waals surface area contributed by atoms with Crippen LogP contribution in [0.25, 0.3) is 0 Å². The molecule has 2 aliphatic rings. The van der Waals surface area contributed by atoms with E-state index in [4.69, 9.17) is 5.73 Å². The lowest BCUT2D eigenvalue weighted by atomic mass is 9.95. The number of carbonyl (C=O) groups excluding carboxylic acids is 2. The van der Waals surface area contributed by atoms with Gasteiger partial charge in [-0.25, -0.2) is 4.79 Å². The SMILES string of the molecule is CCCCCN(C(=O)C1CCCN(C(=O)C2CC2)C1)c1c(N)n(CCCC)c(=O)[nH]c1=O. The van der Waals surface area contributed by atoms with Crippen LogP contribution in [0.1, 0.15) is 71.6 Å². The number of aromatic nitrogens is 2. The molecule has 9 nitrogen and oxygen atoms in total. The van der Waals surface area contributed by atoms with Crippen molar-refractivity contribution in [2.24, 2.45) is 11.8 Å². The van der Waals surface area contributed by atoms with Gasteiger partial charge in [-0.15, -0.1) is 0 Å². The minimum absolute atomic E-state index is 0.0405. The topological polar surface area (TPSA) is 121 Å². The average Bonchev–Trinajstić information content (AvgIpc) is 3.62. The first-order chi connectivity index (χ1) is 15.4. The van der Waals surface area contributed by atoms with E-state index in [-0.39, 0.29) is 35.2 Å². The van der Waals surface area contributed by atoms with Crippen molar-refractivity contribution in [1.82, 2.24) is 14.5 Å². The Morgan fingerprint density at radius 3 is 2.44 bits per heavy atom. The molecule has 1 unspecified atom stereocenters. The van der Waals surface area contributed by atoms with Gasteiger partial charge in [-0.3, -0.25) is 23.9 Å². The highest BCUT2D eigenvalue weighted by atomic mass is 16.2. The Morgan fingerprint density at radius 2 is 1.78 bits per heavy atom. The Balaban J connectivity index is 1.90. The summed E-state index contributed by atoms with van der Waals surface area (Å²) in [5, 5.41) is 0. The van der Waals surface area contributed by atoms with E-state index >= 15 is 0 Å². The number of unbranched alkanes of at least 4 members (excludes halogenated alkanes) is 3. The van der Waals surface area contributed by atoms with Crippen molar-refractivity contribution in [3.05, 3.63) is 20.8 Å². The molecule has 1 aromatic rings. The summed E-state index contributed by atoms with van der Waals surface area (Å²) >= 11 is 0. The normalized spacial score (nSPS) is 18.6. The number of aromatic amines is 1. The molecular weight excluding hydrogens is 410 g/mol. The highest BCUT2D eigenvalue weighted by Gasteiger charge is 2.38. The molecule has 1 aliphatic carbocycles. The van der Waals surface area contributed by atoms with Crippen LogP contribution in [0, 0.1) is 11.8 Å². The summed E-state index contributed by atoms with van der Waals surface area (Å²) in [5.41, 5.74) is 5.18. The van der Waals surface area contributed by atoms with E-state index in [2.05, 4.69) is 11.9 Å². The Morgan fingerprint density at radius 1 is 1.06 bits per heavy atom. The van der Waals surface area contributed by atoms with Gasteiger partial charge in [0, 0.05) is 32.1 Å². The van der Waals surface area contributed by atoms with Crippen LogP contribution in [0.3, 0.4) is 0 Å². The molecule has 1 atom stereocenters. The number of amides is 2. The molecule has 0 spiro atoms. The number of likely N-dealkylation sites (tertiary alicyclic amines) is 1. The summed E-state index contributed by atoms with van der Waals surface area (Å²) in [7, 11) is 0. The van der Waals surface area contributed by atoms with E-state index in [1.54, 1.807) is 0 Å². The molecule has 32 heavy (non-hydrogen) atoms. The Labute approximate surface area is 189 Å². The number of hydrogen-bond donors (Lipinski definition) is 2. The van der Waals surface area contributed by atoms with Crippen LogP contribution in [-0.2, 0) is 16.1 Å². The third-order valence-electron chi connectivity index (χ3n) is 6.48. The number of nitrogens with one attached hydrogen (secondary N) is 1. The molecule has 178 valence electrons. The molecule has 1 aliphatic heterocycles. The van der Waals surface area contributed by atoms with Crippen molar-refractivity contribution in [3.63, 3.8) is 0 Å². The van der Waals surface area contributed by atoms with Gasteiger partial charge >= 0.3 is 5.69 Å². The number of nitrogen functional groups attached to an aromatic ring is 1. The number of hydrogen-bond acceptors (Lipinski definition) is 5. The molecular formula is C23H37N5O4. The zero-order chi connectivity index (χ0) is 23.3. The fourth-order valence-corrected chi connectivity index (χ4v) is 4.42. The maximum absolute atomic E-state index is 13.7. The third-order valence-corrected chi connectivity index (χ3v) is 6.48. The van der Waals surface area contributed by atoms with Gasteiger partial charge in [-0.05, 0) is 38.5 Å².